The standard InChI is InChI=1S/C11H18BrN3O/c1-11(2,3)5-6-16-10-8(12)9(13-4)14-7-15-10/h7H,5-6H2,1-4H3,(H,13,14,15). The van der Waals surface area contributed by atoms with E-state index in [0.29, 0.717) is 12.5 Å². The molecule has 0 amide bonds. The molecule has 1 heterocycles. The molecule has 0 atom stereocenters. The molecule has 0 saturated carbocycles. The van der Waals surface area contributed by atoms with E-state index in [4.69, 9.17) is 4.74 Å². The zero-order chi connectivity index (χ0) is 12.2. The molecule has 1 aromatic heterocycles. The third-order valence-electron chi connectivity index (χ3n) is 2.09. The van der Waals surface area contributed by atoms with Gasteiger partial charge in [0.25, 0.3) is 0 Å². The summed E-state index contributed by atoms with van der Waals surface area (Å²) in [5.74, 6) is 1.32. The van der Waals surface area contributed by atoms with Crippen molar-refractivity contribution in [2.75, 3.05) is 19.0 Å². The zero-order valence-electron chi connectivity index (χ0n) is 10.2. The minimum absolute atomic E-state index is 0.269. The fourth-order valence-electron chi connectivity index (χ4n) is 1.08. The van der Waals surface area contributed by atoms with Crippen molar-refractivity contribution in [2.24, 2.45) is 5.41 Å². The highest BCUT2D eigenvalue weighted by Gasteiger charge is 2.12. The van der Waals surface area contributed by atoms with Crippen molar-refractivity contribution in [1.29, 1.82) is 0 Å². The topological polar surface area (TPSA) is 47.0 Å². The molecular formula is C11H18BrN3O. The molecule has 0 bridgehead atoms. The molecule has 0 aliphatic carbocycles. The van der Waals surface area contributed by atoms with Gasteiger partial charge in [-0.3, -0.25) is 0 Å². The van der Waals surface area contributed by atoms with Gasteiger partial charge in [-0.2, -0.15) is 0 Å². The second-order valence-corrected chi connectivity index (χ2v) is 5.54. The third-order valence-corrected chi connectivity index (χ3v) is 2.80. The molecular weight excluding hydrogens is 270 g/mol. The van der Waals surface area contributed by atoms with Crippen molar-refractivity contribution in [2.45, 2.75) is 27.2 Å². The highest BCUT2D eigenvalue weighted by Crippen LogP contribution is 2.28. The van der Waals surface area contributed by atoms with Crippen LogP contribution in [0.5, 0.6) is 5.88 Å². The van der Waals surface area contributed by atoms with Gasteiger partial charge >= 0.3 is 0 Å². The van der Waals surface area contributed by atoms with Gasteiger partial charge in [-0.05, 0) is 27.8 Å². The Morgan fingerprint density at radius 1 is 1.38 bits per heavy atom. The van der Waals surface area contributed by atoms with E-state index in [0.717, 1.165) is 16.7 Å². The summed E-state index contributed by atoms with van der Waals surface area (Å²) < 4.78 is 6.39. The first-order valence-corrected chi connectivity index (χ1v) is 6.04. The average molecular weight is 288 g/mol. The Labute approximate surface area is 105 Å². The molecule has 0 aromatic carbocycles. The Hall–Kier alpha value is -0.840. The Kier molecular flexibility index (Phi) is 4.53. The summed E-state index contributed by atoms with van der Waals surface area (Å²) in [4.78, 5) is 8.15. The molecule has 4 nitrogen and oxygen atoms in total. The number of nitrogens with zero attached hydrogens (tertiary/aromatic N) is 2. The Balaban J connectivity index is 2.61. The normalized spacial score (nSPS) is 11.3. The molecule has 0 spiro atoms. The van der Waals surface area contributed by atoms with Crippen molar-refractivity contribution in [3.8, 4) is 5.88 Å². The summed E-state index contributed by atoms with van der Waals surface area (Å²) in [5, 5.41) is 2.96. The van der Waals surface area contributed by atoms with Crippen LogP contribution in [0.4, 0.5) is 5.82 Å². The van der Waals surface area contributed by atoms with Crippen molar-refractivity contribution >= 4 is 21.7 Å². The fraction of sp³-hybridized carbons (Fsp3) is 0.636. The van der Waals surface area contributed by atoms with Crippen LogP contribution in [0.2, 0.25) is 0 Å². The highest BCUT2D eigenvalue weighted by atomic mass is 79.9. The molecule has 5 heteroatoms. The van der Waals surface area contributed by atoms with Crippen molar-refractivity contribution in [3.63, 3.8) is 0 Å². The summed E-state index contributed by atoms with van der Waals surface area (Å²) in [7, 11) is 1.81. The zero-order valence-corrected chi connectivity index (χ0v) is 11.8. The Morgan fingerprint density at radius 2 is 2.06 bits per heavy atom. The summed E-state index contributed by atoms with van der Waals surface area (Å²) >= 11 is 3.41. The first-order chi connectivity index (χ1) is 7.44. The molecule has 0 fully saturated rings. The second kappa shape index (κ2) is 5.48. The van der Waals surface area contributed by atoms with E-state index in [9.17, 15) is 0 Å². The van der Waals surface area contributed by atoms with E-state index in [1.54, 1.807) is 0 Å². The number of hydrogen-bond donors (Lipinski definition) is 1. The van der Waals surface area contributed by atoms with Gasteiger partial charge in [-0.15, -0.1) is 0 Å². The van der Waals surface area contributed by atoms with E-state index in [2.05, 4.69) is 52.0 Å². The van der Waals surface area contributed by atoms with E-state index < -0.39 is 0 Å². The quantitative estimate of drug-likeness (QED) is 0.924. The molecule has 0 aliphatic rings. The van der Waals surface area contributed by atoms with Crippen LogP contribution in [-0.4, -0.2) is 23.6 Å². The summed E-state index contributed by atoms with van der Waals surface area (Å²) in [6, 6.07) is 0. The number of anilines is 1. The van der Waals surface area contributed by atoms with Gasteiger partial charge in [-0.1, -0.05) is 20.8 Å². The second-order valence-electron chi connectivity index (χ2n) is 4.75. The van der Waals surface area contributed by atoms with Crippen LogP contribution in [-0.2, 0) is 0 Å². The fourth-order valence-corrected chi connectivity index (χ4v) is 1.60. The van der Waals surface area contributed by atoms with Crippen LogP contribution in [0.15, 0.2) is 10.8 Å². The van der Waals surface area contributed by atoms with Gasteiger partial charge in [0.15, 0.2) is 0 Å². The minimum atomic E-state index is 0.269. The summed E-state index contributed by atoms with van der Waals surface area (Å²) in [5.41, 5.74) is 0.269. The maximum absolute atomic E-state index is 5.62. The van der Waals surface area contributed by atoms with E-state index >= 15 is 0 Å². The molecule has 1 rings (SSSR count). The van der Waals surface area contributed by atoms with Gasteiger partial charge in [-0.25, -0.2) is 9.97 Å². The maximum atomic E-state index is 5.62. The van der Waals surface area contributed by atoms with E-state index in [1.165, 1.54) is 6.33 Å². The summed E-state index contributed by atoms with van der Waals surface area (Å²) in [6.07, 6.45) is 2.47. The molecule has 1 N–H and O–H groups in total. The monoisotopic (exact) mass is 287 g/mol. The van der Waals surface area contributed by atoms with Gasteiger partial charge in [0.2, 0.25) is 5.88 Å². The first kappa shape index (κ1) is 13.2. The Morgan fingerprint density at radius 3 is 2.62 bits per heavy atom. The predicted octanol–water partition coefficient (Wildman–Crippen LogP) is 3.10. The number of ether oxygens (including phenoxy) is 1. The highest BCUT2D eigenvalue weighted by molar-refractivity contribution is 9.10. The number of halogens is 1. The predicted molar refractivity (Wildman–Crippen MR) is 68.8 cm³/mol. The SMILES string of the molecule is CNc1ncnc(OCCC(C)(C)C)c1Br. The molecule has 0 saturated heterocycles. The van der Waals surface area contributed by atoms with Gasteiger partial charge in [0.05, 0.1) is 6.61 Å². The van der Waals surface area contributed by atoms with Crippen molar-refractivity contribution < 1.29 is 4.74 Å². The van der Waals surface area contributed by atoms with Crippen molar-refractivity contribution in [3.05, 3.63) is 10.8 Å². The average Bonchev–Trinajstić information content (AvgIpc) is 2.19. The minimum Gasteiger partial charge on any atom is -0.477 e. The Bertz CT molecular complexity index is 350. The molecule has 1 aromatic rings. The van der Waals surface area contributed by atoms with E-state index in [-0.39, 0.29) is 5.41 Å². The van der Waals surface area contributed by atoms with Crippen LogP contribution in [0, 0.1) is 5.41 Å². The lowest BCUT2D eigenvalue weighted by Crippen LogP contribution is -2.12. The maximum Gasteiger partial charge on any atom is 0.233 e. The summed E-state index contributed by atoms with van der Waals surface area (Å²) in [6.45, 7) is 7.21. The molecule has 0 unspecified atom stereocenters. The first-order valence-electron chi connectivity index (χ1n) is 5.25. The van der Waals surface area contributed by atoms with Crippen LogP contribution in [0.1, 0.15) is 27.2 Å². The number of nitrogens with one attached hydrogen (secondary N) is 1. The molecule has 0 aliphatic heterocycles. The lowest BCUT2D eigenvalue weighted by molar-refractivity contribution is 0.235. The van der Waals surface area contributed by atoms with Gasteiger partial charge in [0, 0.05) is 7.05 Å². The van der Waals surface area contributed by atoms with Crippen LogP contribution in [0.25, 0.3) is 0 Å². The number of rotatable bonds is 4. The van der Waals surface area contributed by atoms with Crippen LogP contribution in [0.3, 0.4) is 0 Å². The molecule has 90 valence electrons. The molecule has 16 heavy (non-hydrogen) atoms. The lowest BCUT2D eigenvalue weighted by atomic mass is 9.93. The van der Waals surface area contributed by atoms with Gasteiger partial charge in [0.1, 0.15) is 16.6 Å². The smallest absolute Gasteiger partial charge is 0.233 e. The third kappa shape index (κ3) is 3.96. The van der Waals surface area contributed by atoms with Crippen LogP contribution >= 0.6 is 15.9 Å². The van der Waals surface area contributed by atoms with Gasteiger partial charge < -0.3 is 10.1 Å². The van der Waals surface area contributed by atoms with Crippen molar-refractivity contribution in [1.82, 2.24) is 9.97 Å². The van der Waals surface area contributed by atoms with Crippen LogP contribution < -0.4 is 10.1 Å². The number of hydrogen-bond acceptors (Lipinski definition) is 4. The molecule has 0 radical (unpaired) electrons. The largest absolute Gasteiger partial charge is 0.477 e. The van der Waals surface area contributed by atoms with E-state index in [1.807, 2.05) is 7.05 Å². The number of aromatic nitrogens is 2. The lowest BCUT2D eigenvalue weighted by Gasteiger charge is -2.18.